The summed E-state index contributed by atoms with van der Waals surface area (Å²) in [6.07, 6.45) is 8.10. The SMILES string of the molecule is C=CCCN(C)C(=O)[C@@H](CC)[C@](O)(C(=O)OC)c1ccc2c(c1)N(C[C@@H]1CC[C@H]1[C@@H](O)C=C)CCCCc1cc(Cl)ccc1CO2. The summed E-state index contributed by atoms with van der Waals surface area (Å²) in [6.45, 7) is 11.4. The Morgan fingerprint density at radius 1 is 1.20 bits per heavy atom. The highest BCUT2D eigenvalue weighted by atomic mass is 35.5. The number of hydrogen-bond donors (Lipinski definition) is 2. The van der Waals surface area contributed by atoms with Gasteiger partial charge in [0.15, 0.2) is 5.60 Å². The molecule has 0 saturated heterocycles. The van der Waals surface area contributed by atoms with Crippen molar-refractivity contribution in [2.75, 3.05) is 38.7 Å². The average molecular weight is 653 g/mol. The molecule has 0 unspecified atom stereocenters. The van der Waals surface area contributed by atoms with E-state index in [1.807, 2.05) is 18.2 Å². The molecule has 46 heavy (non-hydrogen) atoms. The number of esters is 1. The molecule has 2 aromatic rings. The predicted octanol–water partition coefficient (Wildman–Crippen LogP) is 6.06. The third-order valence-electron chi connectivity index (χ3n) is 9.78. The molecule has 1 aliphatic carbocycles. The molecule has 9 heteroatoms. The van der Waals surface area contributed by atoms with E-state index in [0.29, 0.717) is 43.4 Å². The Morgan fingerprint density at radius 2 is 1.98 bits per heavy atom. The summed E-state index contributed by atoms with van der Waals surface area (Å²) in [6, 6.07) is 11.1. The molecule has 4 rings (SSSR count). The van der Waals surface area contributed by atoms with E-state index in [-0.39, 0.29) is 29.7 Å². The van der Waals surface area contributed by atoms with E-state index in [1.54, 1.807) is 44.3 Å². The van der Waals surface area contributed by atoms with Crippen molar-refractivity contribution in [1.29, 1.82) is 0 Å². The molecule has 0 spiro atoms. The number of aliphatic hydroxyl groups is 2. The number of aryl methyl sites for hydroxylation is 1. The van der Waals surface area contributed by atoms with Crippen LogP contribution in [0.3, 0.4) is 0 Å². The average Bonchev–Trinajstić information content (AvgIpc) is 3.08. The van der Waals surface area contributed by atoms with E-state index < -0.39 is 23.6 Å². The number of ether oxygens (including phenoxy) is 2. The molecular weight excluding hydrogens is 604 g/mol. The quantitative estimate of drug-likeness (QED) is 0.213. The largest absolute Gasteiger partial charge is 0.487 e. The minimum absolute atomic E-state index is 0.106. The number of fused-ring (bicyclic) bond motifs is 2. The number of rotatable bonds is 12. The van der Waals surface area contributed by atoms with Gasteiger partial charge in [0.1, 0.15) is 12.4 Å². The molecule has 2 N–H and O–H groups in total. The van der Waals surface area contributed by atoms with Gasteiger partial charge in [0.05, 0.1) is 24.8 Å². The van der Waals surface area contributed by atoms with Crippen molar-refractivity contribution in [3.63, 3.8) is 0 Å². The second kappa shape index (κ2) is 16.0. The zero-order chi connectivity index (χ0) is 33.4. The lowest BCUT2D eigenvalue weighted by Crippen LogP contribution is -2.51. The van der Waals surface area contributed by atoms with E-state index in [0.717, 1.165) is 48.9 Å². The molecule has 5 atom stereocenters. The molecule has 0 bridgehead atoms. The van der Waals surface area contributed by atoms with Gasteiger partial charge in [-0.2, -0.15) is 0 Å². The van der Waals surface area contributed by atoms with Crippen molar-refractivity contribution in [3.8, 4) is 5.75 Å². The Hall–Kier alpha value is -3.33. The summed E-state index contributed by atoms with van der Waals surface area (Å²) >= 11 is 6.34. The number of nitrogens with zero attached hydrogens (tertiary/aromatic N) is 2. The summed E-state index contributed by atoms with van der Waals surface area (Å²) in [4.78, 5) is 31.0. The van der Waals surface area contributed by atoms with Crippen LogP contribution in [0.5, 0.6) is 5.75 Å². The van der Waals surface area contributed by atoms with E-state index in [1.165, 1.54) is 12.0 Å². The lowest BCUT2D eigenvalue weighted by Gasteiger charge is -2.43. The second-order valence-corrected chi connectivity index (χ2v) is 13.0. The van der Waals surface area contributed by atoms with Gasteiger partial charge in [-0.15, -0.1) is 13.2 Å². The van der Waals surface area contributed by atoms with Crippen LogP contribution in [-0.2, 0) is 33.0 Å². The lowest BCUT2D eigenvalue weighted by atomic mass is 9.70. The van der Waals surface area contributed by atoms with Crippen LogP contribution in [0.2, 0.25) is 5.02 Å². The molecule has 2 aromatic carbocycles. The number of hydrogen-bond acceptors (Lipinski definition) is 7. The van der Waals surface area contributed by atoms with Crippen molar-refractivity contribution >= 4 is 29.2 Å². The monoisotopic (exact) mass is 652 g/mol. The Labute approximate surface area is 278 Å². The number of anilines is 1. The molecule has 1 fully saturated rings. The van der Waals surface area contributed by atoms with E-state index >= 15 is 0 Å². The lowest BCUT2D eigenvalue weighted by molar-refractivity contribution is -0.176. The van der Waals surface area contributed by atoms with Gasteiger partial charge in [-0.25, -0.2) is 4.79 Å². The Morgan fingerprint density at radius 3 is 2.63 bits per heavy atom. The van der Waals surface area contributed by atoms with Gasteiger partial charge in [0, 0.05) is 31.7 Å². The first-order chi connectivity index (χ1) is 22.1. The van der Waals surface area contributed by atoms with E-state index in [9.17, 15) is 19.8 Å². The Kier molecular flexibility index (Phi) is 12.3. The normalized spacial score (nSPS) is 20.6. The Bertz CT molecular complexity index is 1400. The second-order valence-electron chi connectivity index (χ2n) is 12.6. The molecule has 1 amide bonds. The highest BCUT2D eigenvalue weighted by Gasteiger charge is 2.50. The molecule has 1 saturated carbocycles. The third-order valence-corrected chi connectivity index (χ3v) is 10.0. The number of carbonyl (C=O) groups is 2. The number of aliphatic hydroxyl groups excluding tert-OH is 1. The summed E-state index contributed by atoms with van der Waals surface area (Å²) in [5.41, 5.74) is 0.946. The van der Waals surface area contributed by atoms with Gasteiger partial charge in [0.25, 0.3) is 0 Å². The van der Waals surface area contributed by atoms with Crippen LogP contribution < -0.4 is 9.64 Å². The molecule has 1 aliphatic heterocycles. The number of benzene rings is 2. The molecule has 0 aromatic heterocycles. The summed E-state index contributed by atoms with van der Waals surface area (Å²) in [7, 11) is 2.88. The molecule has 250 valence electrons. The first kappa shape index (κ1) is 35.5. The van der Waals surface area contributed by atoms with Gasteiger partial charge in [-0.1, -0.05) is 42.8 Å². The number of carbonyl (C=O) groups excluding carboxylic acids is 2. The van der Waals surface area contributed by atoms with Crippen LogP contribution >= 0.6 is 11.6 Å². The maximum absolute atomic E-state index is 13.7. The summed E-state index contributed by atoms with van der Waals surface area (Å²) < 4.78 is 11.6. The maximum atomic E-state index is 13.7. The highest BCUT2D eigenvalue weighted by Crippen LogP contribution is 2.43. The van der Waals surface area contributed by atoms with Crippen molar-refractivity contribution in [2.45, 2.75) is 70.2 Å². The van der Waals surface area contributed by atoms with E-state index in [4.69, 9.17) is 21.1 Å². The van der Waals surface area contributed by atoms with Gasteiger partial charge >= 0.3 is 5.97 Å². The maximum Gasteiger partial charge on any atom is 0.343 e. The minimum atomic E-state index is -2.24. The first-order valence-electron chi connectivity index (χ1n) is 16.4. The van der Waals surface area contributed by atoms with Crippen molar-refractivity contribution in [2.24, 2.45) is 17.8 Å². The third kappa shape index (κ3) is 7.62. The predicted molar refractivity (Wildman–Crippen MR) is 182 cm³/mol. The van der Waals surface area contributed by atoms with Gasteiger partial charge in [-0.05, 0) is 97.7 Å². The van der Waals surface area contributed by atoms with Crippen molar-refractivity contribution < 1.29 is 29.3 Å². The van der Waals surface area contributed by atoms with Gasteiger partial charge in [-0.3, -0.25) is 4.79 Å². The molecule has 8 nitrogen and oxygen atoms in total. The van der Waals surface area contributed by atoms with Crippen LogP contribution in [0.15, 0.2) is 61.7 Å². The van der Waals surface area contributed by atoms with Crippen molar-refractivity contribution in [3.05, 3.63) is 83.4 Å². The fourth-order valence-corrected chi connectivity index (χ4v) is 7.03. The van der Waals surface area contributed by atoms with Gasteiger partial charge < -0.3 is 29.5 Å². The number of amides is 1. The topological polar surface area (TPSA) is 99.5 Å². The van der Waals surface area contributed by atoms with Crippen LogP contribution in [0.1, 0.15) is 62.1 Å². The molecule has 1 heterocycles. The molecule has 2 aliphatic rings. The molecular formula is C37H49ClN2O6. The van der Waals surface area contributed by atoms with E-state index in [2.05, 4.69) is 18.1 Å². The molecule has 0 radical (unpaired) electrons. The number of methoxy groups -OCH3 is 1. The smallest absolute Gasteiger partial charge is 0.343 e. The summed E-state index contributed by atoms with van der Waals surface area (Å²) in [5, 5.41) is 23.6. The first-order valence-corrected chi connectivity index (χ1v) is 16.7. The standard InChI is InChI=1S/C37H49ClN2O6/c1-6-9-19-39(4)35(42)31(7-2)37(44,36(43)45-5)28-15-18-34-32(22-28)40(23-26-14-17-30(26)33(41)8-3)20-11-10-12-25-21-29(38)16-13-27(25)24-46-34/h6,8,13,15-16,18,21-22,26,30-31,33,41,44H,1,3,7,9-12,14,17,19-20,23-24H2,2,4-5H3/t26-,30+,31+,33-,37-/m0/s1. The van der Waals surface area contributed by atoms with Crippen molar-refractivity contribution in [1.82, 2.24) is 4.90 Å². The van der Waals surface area contributed by atoms with Crippen LogP contribution in [0, 0.1) is 17.8 Å². The van der Waals surface area contributed by atoms with Crippen LogP contribution in [0.4, 0.5) is 5.69 Å². The van der Waals surface area contributed by atoms with Crippen LogP contribution in [0.25, 0.3) is 0 Å². The van der Waals surface area contributed by atoms with Gasteiger partial charge in [0.2, 0.25) is 5.91 Å². The number of halogens is 1. The zero-order valence-corrected chi connectivity index (χ0v) is 28.2. The highest BCUT2D eigenvalue weighted by molar-refractivity contribution is 6.30. The van der Waals surface area contributed by atoms with Crippen LogP contribution in [-0.4, -0.2) is 66.9 Å². The fraction of sp³-hybridized carbons (Fsp3) is 0.514. The zero-order valence-electron chi connectivity index (χ0n) is 27.4. The minimum Gasteiger partial charge on any atom is -0.487 e. The fourth-order valence-electron chi connectivity index (χ4n) is 6.83. The summed E-state index contributed by atoms with van der Waals surface area (Å²) in [5.74, 6) is -1.40. The Balaban J connectivity index is 1.80.